The second-order valence-electron chi connectivity index (χ2n) is 5.21. The fourth-order valence-corrected chi connectivity index (χ4v) is 2.44. The normalized spacial score (nSPS) is 10.5. The van der Waals surface area contributed by atoms with Gasteiger partial charge in [0.15, 0.2) is 0 Å². The first-order valence-corrected chi connectivity index (χ1v) is 7.90. The third-order valence-corrected chi connectivity index (χ3v) is 4.33. The summed E-state index contributed by atoms with van der Waals surface area (Å²) in [6, 6.07) is 13.2. The number of amides is 1. The first kappa shape index (κ1) is 15.4. The molecule has 23 heavy (non-hydrogen) atoms. The van der Waals surface area contributed by atoms with Gasteiger partial charge in [0.25, 0.3) is 5.91 Å². The van der Waals surface area contributed by atoms with Crippen molar-refractivity contribution in [1.82, 2.24) is 14.8 Å². The van der Waals surface area contributed by atoms with Crippen LogP contribution in [0.1, 0.15) is 21.5 Å². The summed E-state index contributed by atoms with van der Waals surface area (Å²) in [5, 5.41) is 6.97. The molecule has 0 aliphatic heterocycles. The van der Waals surface area contributed by atoms with Gasteiger partial charge >= 0.3 is 0 Å². The summed E-state index contributed by atoms with van der Waals surface area (Å²) in [6.07, 6.45) is 3.17. The molecule has 1 amide bonds. The molecule has 116 valence electrons. The van der Waals surface area contributed by atoms with E-state index < -0.39 is 0 Å². The summed E-state index contributed by atoms with van der Waals surface area (Å²) in [5.41, 5.74) is 3.54. The molecule has 1 aromatic heterocycles. The smallest absolute Gasteiger partial charge is 0.255 e. The molecule has 0 saturated heterocycles. The fourth-order valence-electron chi connectivity index (χ4n) is 2.19. The Morgan fingerprint density at radius 3 is 2.65 bits per heavy atom. The van der Waals surface area contributed by atoms with E-state index in [1.54, 1.807) is 11.0 Å². The second kappa shape index (κ2) is 6.75. The average Bonchev–Trinajstić information content (AvgIpc) is 3.04. The maximum Gasteiger partial charge on any atom is 0.255 e. The van der Waals surface area contributed by atoms with Gasteiger partial charge in [0.2, 0.25) is 0 Å². The number of carbonyl (C=O) groups is 1. The number of halogens is 1. The summed E-state index contributed by atoms with van der Waals surface area (Å²) in [4.78, 5) is 16.2. The van der Waals surface area contributed by atoms with E-state index in [9.17, 15) is 4.79 Å². The lowest BCUT2D eigenvalue weighted by atomic mass is 10.1. The van der Waals surface area contributed by atoms with E-state index in [4.69, 9.17) is 0 Å². The van der Waals surface area contributed by atoms with Crippen molar-refractivity contribution in [2.75, 3.05) is 5.32 Å². The van der Waals surface area contributed by atoms with Gasteiger partial charge in [-0.2, -0.15) is 5.10 Å². The predicted molar refractivity (Wildman–Crippen MR) is 92.4 cm³/mol. The van der Waals surface area contributed by atoms with E-state index in [-0.39, 0.29) is 5.91 Å². The molecule has 0 saturated carbocycles. The van der Waals surface area contributed by atoms with Gasteiger partial charge in [-0.15, -0.1) is 0 Å². The number of hydrogen-bond donors (Lipinski definition) is 1. The van der Waals surface area contributed by atoms with Crippen molar-refractivity contribution in [3.8, 4) is 0 Å². The average molecular weight is 371 g/mol. The van der Waals surface area contributed by atoms with Gasteiger partial charge in [0.05, 0.1) is 6.54 Å². The van der Waals surface area contributed by atoms with Crippen molar-refractivity contribution >= 4 is 27.5 Å². The van der Waals surface area contributed by atoms with E-state index >= 15 is 0 Å². The molecule has 5 nitrogen and oxygen atoms in total. The highest BCUT2D eigenvalue weighted by Crippen LogP contribution is 2.20. The van der Waals surface area contributed by atoms with E-state index in [0.717, 1.165) is 21.3 Å². The topological polar surface area (TPSA) is 59.8 Å². The van der Waals surface area contributed by atoms with Gasteiger partial charge in [-0.05, 0) is 48.4 Å². The molecule has 0 fully saturated rings. The number of anilines is 1. The molecule has 1 N–H and O–H groups in total. The standard InChI is InChI=1S/C17H15BrN4O/c1-12-8-15(6-7-16(12)18)21-17(23)14-4-2-13(3-5-14)9-22-11-19-10-20-22/h2-8,10-11H,9H2,1H3,(H,21,23). The highest BCUT2D eigenvalue weighted by Gasteiger charge is 2.07. The summed E-state index contributed by atoms with van der Waals surface area (Å²) in [6.45, 7) is 2.62. The Kier molecular flexibility index (Phi) is 4.52. The molecule has 0 unspecified atom stereocenters. The van der Waals surface area contributed by atoms with Crippen molar-refractivity contribution in [3.63, 3.8) is 0 Å². The van der Waals surface area contributed by atoms with E-state index in [0.29, 0.717) is 12.1 Å². The number of benzene rings is 2. The lowest BCUT2D eigenvalue weighted by molar-refractivity contribution is 0.102. The van der Waals surface area contributed by atoms with Crippen molar-refractivity contribution in [3.05, 3.63) is 76.3 Å². The quantitative estimate of drug-likeness (QED) is 0.762. The Bertz CT molecular complexity index is 813. The van der Waals surface area contributed by atoms with Gasteiger partial charge < -0.3 is 5.32 Å². The van der Waals surface area contributed by atoms with Gasteiger partial charge in [-0.3, -0.25) is 4.79 Å². The summed E-state index contributed by atoms with van der Waals surface area (Å²) < 4.78 is 2.76. The van der Waals surface area contributed by atoms with Gasteiger partial charge in [0.1, 0.15) is 12.7 Å². The SMILES string of the molecule is Cc1cc(NC(=O)c2ccc(Cn3cncn3)cc2)ccc1Br. The maximum absolute atomic E-state index is 12.3. The fraction of sp³-hybridized carbons (Fsp3) is 0.118. The zero-order chi connectivity index (χ0) is 16.2. The van der Waals surface area contributed by atoms with Crippen LogP contribution in [0.5, 0.6) is 0 Å². The maximum atomic E-state index is 12.3. The lowest BCUT2D eigenvalue weighted by Crippen LogP contribution is -2.12. The Morgan fingerprint density at radius 2 is 2.00 bits per heavy atom. The molecule has 6 heteroatoms. The van der Waals surface area contributed by atoms with Crippen molar-refractivity contribution in [1.29, 1.82) is 0 Å². The summed E-state index contributed by atoms with van der Waals surface area (Å²) in [5.74, 6) is -0.126. The van der Waals surface area contributed by atoms with Crippen LogP contribution in [0.25, 0.3) is 0 Å². The zero-order valence-electron chi connectivity index (χ0n) is 12.5. The van der Waals surface area contributed by atoms with Crippen LogP contribution in [0.2, 0.25) is 0 Å². The van der Waals surface area contributed by atoms with Crippen LogP contribution in [0.3, 0.4) is 0 Å². The molecule has 0 bridgehead atoms. The third-order valence-electron chi connectivity index (χ3n) is 3.44. The molecule has 0 radical (unpaired) electrons. The molecule has 3 rings (SSSR count). The first-order chi connectivity index (χ1) is 11.1. The number of rotatable bonds is 4. The van der Waals surface area contributed by atoms with Crippen LogP contribution in [0.4, 0.5) is 5.69 Å². The van der Waals surface area contributed by atoms with Crippen LogP contribution in [0.15, 0.2) is 59.6 Å². The highest BCUT2D eigenvalue weighted by molar-refractivity contribution is 9.10. The second-order valence-corrected chi connectivity index (χ2v) is 6.06. The number of hydrogen-bond acceptors (Lipinski definition) is 3. The zero-order valence-corrected chi connectivity index (χ0v) is 14.1. The first-order valence-electron chi connectivity index (χ1n) is 7.11. The lowest BCUT2D eigenvalue weighted by Gasteiger charge is -2.08. The number of carbonyl (C=O) groups excluding carboxylic acids is 1. The molecule has 3 aromatic rings. The molecular formula is C17H15BrN4O. The number of nitrogens with one attached hydrogen (secondary N) is 1. The third kappa shape index (κ3) is 3.84. The largest absolute Gasteiger partial charge is 0.322 e. The molecule has 0 aliphatic rings. The van der Waals surface area contributed by atoms with E-state index in [1.807, 2.05) is 49.4 Å². The minimum atomic E-state index is -0.126. The van der Waals surface area contributed by atoms with Crippen molar-refractivity contribution in [2.24, 2.45) is 0 Å². The monoisotopic (exact) mass is 370 g/mol. The number of nitrogens with zero attached hydrogens (tertiary/aromatic N) is 3. The van der Waals surface area contributed by atoms with Gasteiger partial charge in [0, 0.05) is 15.7 Å². The Balaban J connectivity index is 1.68. The predicted octanol–water partition coefficient (Wildman–Crippen LogP) is 3.65. The van der Waals surface area contributed by atoms with E-state index in [1.165, 1.54) is 6.33 Å². The van der Waals surface area contributed by atoms with Crippen LogP contribution < -0.4 is 5.32 Å². The minimum absolute atomic E-state index is 0.126. The van der Waals surface area contributed by atoms with Crippen LogP contribution in [0, 0.1) is 6.92 Å². The minimum Gasteiger partial charge on any atom is -0.322 e. The number of aryl methyl sites for hydroxylation is 1. The van der Waals surface area contributed by atoms with E-state index in [2.05, 4.69) is 31.3 Å². The summed E-state index contributed by atoms with van der Waals surface area (Å²) in [7, 11) is 0. The molecule has 0 aliphatic carbocycles. The molecule has 0 atom stereocenters. The Morgan fingerprint density at radius 1 is 1.22 bits per heavy atom. The van der Waals surface area contributed by atoms with Crippen molar-refractivity contribution in [2.45, 2.75) is 13.5 Å². The molecule has 1 heterocycles. The van der Waals surface area contributed by atoms with Gasteiger partial charge in [-0.25, -0.2) is 9.67 Å². The van der Waals surface area contributed by atoms with Crippen LogP contribution in [-0.2, 0) is 6.54 Å². The van der Waals surface area contributed by atoms with Crippen LogP contribution >= 0.6 is 15.9 Å². The molecule has 2 aromatic carbocycles. The van der Waals surface area contributed by atoms with Crippen molar-refractivity contribution < 1.29 is 4.79 Å². The Hall–Kier alpha value is -2.47. The van der Waals surface area contributed by atoms with Gasteiger partial charge in [-0.1, -0.05) is 28.1 Å². The molecule has 0 spiro atoms. The Labute approximate surface area is 142 Å². The summed E-state index contributed by atoms with van der Waals surface area (Å²) >= 11 is 3.45. The molecular weight excluding hydrogens is 356 g/mol. The number of aromatic nitrogens is 3. The van der Waals surface area contributed by atoms with Crippen LogP contribution in [-0.4, -0.2) is 20.7 Å². The highest BCUT2D eigenvalue weighted by atomic mass is 79.9.